The molecule has 0 unspecified atom stereocenters. The van der Waals surface area contributed by atoms with E-state index in [2.05, 4.69) is 36.1 Å². The molecule has 3 atom stereocenters. The molecule has 4 rings (SSSR count). The topological polar surface area (TPSA) is 79.4 Å². The lowest BCUT2D eigenvalue weighted by Gasteiger charge is -2.41. The Hall–Kier alpha value is -2.29. The molecule has 0 aliphatic heterocycles. The van der Waals surface area contributed by atoms with Crippen LogP contribution in [-0.4, -0.2) is 55.1 Å². The van der Waals surface area contributed by atoms with Crippen LogP contribution in [0.3, 0.4) is 0 Å². The third-order valence-electron chi connectivity index (χ3n) is 6.88. The van der Waals surface area contributed by atoms with Crippen LogP contribution in [0, 0.1) is 5.92 Å². The highest BCUT2D eigenvalue weighted by atomic mass is 32.2. The van der Waals surface area contributed by atoms with Gasteiger partial charge in [0.15, 0.2) is 9.84 Å². The highest BCUT2D eigenvalue weighted by Crippen LogP contribution is 2.31. The second-order valence-electron chi connectivity index (χ2n) is 9.51. The molecule has 1 aliphatic rings. The van der Waals surface area contributed by atoms with Gasteiger partial charge in [0.05, 0.1) is 27.3 Å². The summed E-state index contributed by atoms with van der Waals surface area (Å²) in [6.45, 7) is 4.31. The number of fused-ring (bicyclic) bond motifs is 1. The van der Waals surface area contributed by atoms with Crippen LogP contribution in [0.2, 0.25) is 0 Å². The van der Waals surface area contributed by atoms with Crippen molar-refractivity contribution in [1.82, 2.24) is 15.2 Å². The Morgan fingerprint density at radius 3 is 2.53 bits per heavy atom. The van der Waals surface area contributed by atoms with Crippen molar-refractivity contribution in [3.05, 3.63) is 59.6 Å². The average Bonchev–Trinajstić information content (AvgIpc) is 3.22. The summed E-state index contributed by atoms with van der Waals surface area (Å²) in [6.07, 6.45) is 2.65. The second-order valence-corrected chi connectivity index (χ2v) is 12.7. The molecule has 0 bridgehead atoms. The normalized spacial score (nSPS) is 21.3. The fraction of sp³-hybridized carbons (Fsp3) is 0.462. The largest absolute Gasteiger partial charge is 0.353 e. The lowest BCUT2D eigenvalue weighted by molar-refractivity contribution is -0.121. The number of para-hydroxylation sites is 1. The highest BCUT2D eigenvalue weighted by molar-refractivity contribution is 7.91. The summed E-state index contributed by atoms with van der Waals surface area (Å²) in [7, 11) is -1.35. The van der Waals surface area contributed by atoms with Crippen molar-refractivity contribution in [2.45, 2.75) is 62.6 Å². The first-order valence-corrected chi connectivity index (χ1v) is 14.3. The molecule has 1 amide bonds. The van der Waals surface area contributed by atoms with Crippen molar-refractivity contribution in [3.8, 4) is 0 Å². The van der Waals surface area contributed by atoms with Crippen molar-refractivity contribution in [3.63, 3.8) is 0 Å². The number of nitrogens with one attached hydrogen (secondary N) is 1. The molecule has 8 heteroatoms. The Balaban J connectivity index is 1.49. The predicted octanol–water partition coefficient (Wildman–Crippen LogP) is 4.31. The SMILES string of the molecule is CC(C)N(C)[C@@H]1CC[C@H](NC(=O)Cc2nc3ccccc3s2)[C@H](CS(=O)(=O)c2ccccc2)C1. The number of hydrogen-bond acceptors (Lipinski definition) is 6. The molecular weight excluding hydrogens is 466 g/mol. The van der Waals surface area contributed by atoms with Crippen LogP contribution in [0.25, 0.3) is 10.2 Å². The minimum Gasteiger partial charge on any atom is -0.353 e. The van der Waals surface area contributed by atoms with E-state index in [0.717, 1.165) is 34.5 Å². The fourth-order valence-electron chi connectivity index (χ4n) is 4.80. The number of nitrogens with zero attached hydrogens (tertiary/aromatic N) is 2. The third-order valence-corrected chi connectivity index (χ3v) is 9.77. The molecule has 1 N–H and O–H groups in total. The maximum Gasteiger partial charge on any atom is 0.227 e. The van der Waals surface area contributed by atoms with E-state index in [0.29, 0.717) is 17.0 Å². The molecule has 0 spiro atoms. The molecule has 0 saturated heterocycles. The van der Waals surface area contributed by atoms with Gasteiger partial charge in [0, 0.05) is 18.1 Å². The number of carbonyl (C=O) groups is 1. The number of hydrogen-bond donors (Lipinski definition) is 1. The van der Waals surface area contributed by atoms with Crippen LogP contribution in [0.15, 0.2) is 59.5 Å². The van der Waals surface area contributed by atoms with Crippen LogP contribution in [-0.2, 0) is 21.1 Å². The summed E-state index contributed by atoms with van der Waals surface area (Å²) in [5.41, 5.74) is 0.902. The predicted molar refractivity (Wildman–Crippen MR) is 138 cm³/mol. The zero-order chi connectivity index (χ0) is 24.3. The Morgan fingerprint density at radius 1 is 1.12 bits per heavy atom. The number of rotatable bonds is 8. The molecule has 1 fully saturated rings. The van der Waals surface area contributed by atoms with Gasteiger partial charge in [-0.2, -0.15) is 0 Å². The number of aromatic nitrogens is 1. The minimum absolute atomic E-state index is 0.0333. The molecule has 1 aliphatic carbocycles. The van der Waals surface area contributed by atoms with E-state index in [1.807, 2.05) is 30.3 Å². The number of amides is 1. The number of carbonyl (C=O) groups excluding carboxylic acids is 1. The van der Waals surface area contributed by atoms with E-state index < -0.39 is 9.84 Å². The van der Waals surface area contributed by atoms with E-state index in [1.54, 1.807) is 24.3 Å². The second kappa shape index (κ2) is 10.5. The molecule has 6 nitrogen and oxygen atoms in total. The van der Waals surface area contributed by atoms with Gasteiger partial charge in [-0.3, -0.25) is 4.79 Å². The number of sulfone groups is 1. The lowest BCUT2D eigenvalue weighted by Crippen LogP contribution is -2.51. The molecule has 1 heterocycles. The van der Waals surface area contributed by atoms with Crippen molar-refractivity contribution in [2.75, 3.05) is 12.8 Å². The Kier molecular flexibility index (Phi) is 7.70. The molecule has 1 aromatic heterocycles. The van der Waals surface area contributed by atoms with Gasteiger partial charge >= 0.3 is 0 Å². The minimum atomic E-state index is -3.45. The van der Waals surface area contributed by atoms with Crippen LogP contribution in [0.1, 0.15) is 38.1 Å². The van der Waals surface area contributed by atoms with E-state index in [1.165, 1.54) is 11.3 Å². The monoisotopic (exact) mass is 499 g/mol. The van der Waals surface area contributed by atoms with Gasteiger partial charge in [-0.25, -0.2) is 13.4 Å². The standard InChI is InChI=1S/C26H33N3O3S2/c1-18(2)29(3)20-13-14-22(19(15-20)17-34(31,32)21-9-5-4-6-10-21)27-25(30)16-26-28-23-11-7-8-12-24(23)33-26/h4-12,18-20,22H,13-17H2,1-3H3,(H,27,30)/t19-,20+,22-/m0/s1. The summed E-state index contributed by atoms with van der Waals surface area (Å²) < 4.78 is 27.5. The van der Waals surface area contributed by atoms with Crippen LogP contribution in [0.5, 0.6) is 0 Å². The van der Waals surface area contributed by atoms with Crippen molar-refractivity contribution in [2.24, 2.45) is 5.92 Å². The maximum absolute atomic E-state index is 13.2. The van der Waals surface area contributed by atoms with Crippen molar-refractivity contribution >= 4 is 37.3 Å². The molecule has 2 aromatic carbocycles. The maximum atomic E-state index is 13.2. The van der Waals surface area contributed by atoms with E-state index in [-0.39, 0.29) is 30.0 Å². The van der Waals surface area contributed by atoms with E-state index >= 15 is 0 Å². The Bertz CT molecular complexity index is 1190. The first-order chi connectivity index (χ1) is 16.2. The zero-order valence-electron chi connectivity index (χ0n) is 20.0. The average molecular weight is 500 g/mol. The van der Waals surface area contributed by atoms with Gasteiger partial charge in [-0.1, -0.05) is 30.3 Å². The first kappa shape index (κ1) is 24.8. The highest BCUT2D eigenvalue weighted by Gasteiger charge is 2.36. The first-order valence-electron chi connectivity index (χ1n) is 11.9. The summed E-state index contributed by atoms with van der Waals surface area (Å²) in [6, 6.07) is 17.0. The van der Waals surface area contributed by atoms with Crippen LogP contribution in [0.4, 0.5) is 0 Å². The van der Waals surface area contributed by atoms with Gasteiger partial charge in [-0.05, 0) is 70.3 Å². The van der Waals surface area contributed by atoms with Gasteiger partial charge in [0.1, 0.15) is 5.01 Å². The fourth-order valence-corrected chi connectivity index (χ4v) is 7.46. The molecule has 0 radical (unpaired) electrons. The molecular formula is C26H33N3O3S2. The number of thiazole rings is 1. The van der Waals surface area contributed by atoms with E-state index in [9.17, 15) is 13.2 Å². The smallest absolute Gasteiger partial charge is 0.227 e. The summed E-state index contributed by atoms with van der Waals surface area (Å²) in [5, 5.41) is 3.95. The Labute approximate surface area is 206 Å². The summed E-state index contributed by atoms with van der Waals surface area (Å²) in [4.78, 5) is 20.2. The summed E-state index contributed by atoms with van der Waals surface area (Å²) in [5.74, 6) is -0.211. The zero-order valence-corrected chi connectivity index (χ0v) is 21.6. The summed E-state index contributed by atoms with van der Waals surface area (Å²) >= 11 is 1.53. The quantitative estimate of drug-likeness (QED) is 0.500. The van der Waals surface area contributed by atoms with Crippen molar-refractivity contribution in [1.29, 1.82) is 0 Å². The molecule has 1 saturated carbocycles. The van der Waals surface area contributed by atoms with Crippen LogP contribution < -0.4 is 5.32 Å². The van der Waals surface area contributed by atoms with Gasteiger partial charge in [0.2, 0.25) is 5.91 Å². The van der Waals surface area contributed by atoms with E-state index in [4.69, 9.17) is 0 Å². The van der Waals surface area contributed by atoms with Gasteiger partial charge < -0.3 is 10.2 Å². The lowest BCUT2D eigenvalue weighted by atomic mass is 9.81. The molecule has 34 heavy (non-hydrogen) atoms. The van der Waals surface area contributed by atoms with Gasteiger partial charge in [-0.15, -0.1) is 11.3 Å². The van der Waals surface area contributed by atoms with Crippen molar-refractivity contribution < 1.29 is 13.2 Å². The third kappa shape index (κ3) is 5.85. The molecule has 3 aromatic rings. The Morgan fingerprint density at radius 2 is 1.82 bits per heavy atom. The van der Waals surface area contributed by atoms with Crippen LogP contribution >= 0.6 is 11.3 Å². The number of benzene rings is 2. The van der Waals surface area contributed by atoms with Gasteiger partial charge in [0.25, 0.3) is 0 Å². The molecule has 182 valence electrons.